The van der Waals surface area contributed by atoms with Gasteiger partial charge in [-0.1, -0.05) is 29.3 Å². The molecule has 0 fully saturated rings. The van der Waals surface area contributed by atoms with Crippen LogP contribution in [-0.2, 0) is 14.3 Å². The van der Waals surface area contributed by atoms with E-state index in [1.807, 2.05) is 19.1 Å². The van der Waals surface area contributed by atoms with E-state index in [0.717, 1.165) is 11.1 Å². The van der Waals surface area contributed by atoms with Gasteiger partial charge in [-0.05, 0) is 45.0 Å². The van der Waals surface area contributed by atoms with E-state index in [0.29, 0.717) is 5.69 Å². The molecule has 2 rings (SSSR count). The summed E-state index contributed by atoms with van der Waals surface area (Å²) < 4.78 is 5.15. The molecule has 2 amide bonds. The Bertz CT molecular complexity index is 877. The van der Waals surface area contributed by atoms with Gasteiger partial charge in [0.15, 0.2) is 6.10 Å². The number of aryl methyl sites for hydroxylation is 2. The van der Waals surface area contributed by atoms with Crippen LogP contribution in [0.15, 0.2) is 42.5 Å². The molecule has 0 aliphatic heterocycles. The zero-order valence-electron chi connectivity index (χ0n) is 16.4. The fourth-order valence-corrected chi connectivity index (χ4v) is 2.53. The van der Waals surface area contributed by atoms with Gasteiger partial charge in [-0.2, -0.15) is 0 Å². The number of esters is 1. The molecule has 0 saturated carbocycles. The van der Waals surface area contributed by atoms with E-state index in [1.54, 1.807) is 25.1 Å². The number of hydrogen-bond donors (Lipinski definition) is 2. The molecule has 7 heteroatoms. The van der Waals surface area contributed by atoms with E-state index in [9.17, 15) is 19.5 Å². The minimum absolute atomic E-state index is 0.0144. The first-order valence-electron chi connectivity index (χ1n) is 8.79. The SMILES string of the molecule is Cc1ccc(NC(=O)CN(C)C(=O)C(C)OC(=O)c2cc(C)ccc2O)cc1. The number of anilines is 1. The highest BCUT2D eigenvalue weighted by Crippen LogP contribution is 2.20. The number of hydrogen-bond acceptors (Lipinski definition) is 5. The predicted octanol–water partition coefficient (Wildman–Crippen LogP) is 2.65. The van der Waals surface area contributed by atoms with Gasteiger partial charge < -0.3 is 20.1 Å². The van der Waals surface area contributed by atoms with Crippen LogP contribution < -0.4 is 5.32 Å². The summed E-state index contributed by atoms with van der Waals surface area (Å²) in [6.07, 6.45) is -1.11. The van der Waals surface area contributed by atoms with Crippen LogP contribution in [-0.4, -0.2) is 47.5 Å². The number of carbonyl (C=O) groups excluding carboxylic acids is 3. The lowest BCUT2D eigenvalue weighted by Crippen LogP contribution is -2.41. The number of benzene rings is 2. The quantitative estimate of drug-likeness (QED) is 0.747. The number of phenols is 1. The standard InChI is InChI=1S/C21H24N2O5/c1-13-5-8-16(9-6-13)22-19(25)12-23(4)20(26)15(3)28-21(27)17-11-14(2)7-10-18(17)24/h5-11,15,24H,12H2,1-4H3,(H,22,25). The maximum atomic E-state index is 12.4. The third-order valence-electron chi connectivity index (χ3n) is 4.10. The van der Waals surface area contributed by atoms with E-state index in [4.69, 9.17) is 4.74 Å². The van der Waals surface area contributed by atoms with Crippen LogP contribution in [0.4, 0.5) is 5.69 Å². The Morgan fingerprint density at radius 3 is 2.32 bits per heavy atom. The first kappa shape index (κ1) is 21.0. The van der Waals surface area contributed by atoms with Gasteiger partial charge in [0.2, 0.25) is 5.91 Å². The Labute approximate surface area is 163 Å². The summed E-state index contributed by atoms with van der Waals surface area (Å²) in [5.74, 6) is -1.92. The molecule has 1 atom stereocenters. The minimum Gasteiger partial charge on any atom is -0.507 e. The number of nitrogens with zero attached hydrogens (tertiary/aromatic N) is 1. The molecule has 2 aromatic rings. The molecule has 0 aliphatic rings. The monoisotopic (exact) mass is 384 g/mol. The number of rotatable bonds is 6. The van der Waals surface area contributed by atoms with Crippen molar-refractivity contribution in [1.82, 2.24) is 4.90 Å². The van der Waals surface area contributed by atoms with E-state index in [2.05, 4.69) is 5.32 Å². The molecule has 148 valence electrons. The van der Waals surface area contributed by atoms with Crippen LogP contribution in [0.1, 0.15) is 28.4 Å². The summed E-state index contributed by atoms with van der Waals surface area (Å²) >= 11 is 0. The van der Waals surface area contributed by atoms with Gasteiger partial charge in [0, 0.05) is 12.7 Å². The van der Waals surface area contributed by atoms with Crippen molar-refractivity contribution in [2.75, 3.05) is 18.9 Å². The largest absolute Gasteiger partial charge is 0.507 e. The van der Waals surface area contributed by atoms with E-state index in [-0.39, 0.29) is 23.8 Å². The van der Waals surface area contributed by atoms with Gasteiger partial charge in [0.25, 0.3) is 5.91 Å². The molecule has 0 spiro atoms. The lowest BCUT2D eigenvalue weighted by atomic mass is 10.1. The first-order chi connectivity index (χ1) is 13.2. The summed E-state index contributed by atoms with van der Waals surface area (Å²) in [6, 6.07) is 11.8. The predicted molar refractivity (Wildman–Crippen MR) is 105 cm³/mol. The van der Waals surface area contributed by atoms with Gasteiger partial charge in [-0.15, -0.1) is 0 Å². The number of aromatic hydroxyl groups is 1. The molecule has 0 saturated heterocycles. The fraction of sp³-hybridized carbons (Fsp3) is 0.286. The van der Waals surface area contributed by atoms with Gasteiger partial charge in [-0.25, -0.2) is 4.79 Å². The van der Waals surface area contributed by atoms with Gasteiger partial charge in [-0.3, -0.25) is 9.59 Å². The molecule has 0 aliphatic carbocycles. The normalized spacial score (nSPS) is 11.4. The Morgan fingerprint density at radius 2 is 1.68 bits per heavy atom. The van der Waals surface area contributed by atoms with Crippen LogP contribution in [0.5, 0.6) is 5.75 Å². The number of nitrogens with one attached hydrogen (secondary N) is 1. The highest BCUT2D eigenvalue weighted by Gasteiger charge is 2.24. The molecular formula is C21H24N2O5. The van der Waals surface area contributed by atoms with Crippen molar-refractivity contribution in [2.45, 2.75) is 26.9 Å². The molecule has 0 heterocycles. The van der Waals surface area contributed by atoms with Crippen LogP contribution >= 0.6 is 0 Å². The van der Waals surface area contributed by atoms with Crippen LogP contribution in [0.3, 0.4) is 0 Å². The highest BCUT2D eigenvalue weighted by atomic mass is 16.5. The second-order valence-electron chi connectivity index (χ2n) is 6.68. The lowest BCUT2D eigenvalue weighted by Gasteiger charge is -2.21. The van der Waals surface area contributed by atoms with Crippen molar-refractivity contribution in [3.63, 3.8) is 0 Å². The van der Waals surface area contributed by atoms with Gasteiger partial charge >= 0.3 is 5.97 Å². The molecule has 1 unspecified atom stereocenters. The lowest BCUT2D eigenvalue weighted by molar-refractivity contribution is -0.140. The maximum absolute atomic E-state index is 12.4. The van der Waals surface area contributed by atoms with Crippen LogP contribution in [0.2, 0.25) is 0 Å². The first-order valence-corrected chi connectivity index (χ1v) is 8.79. The summed E-state index contributed by atoms with van der Waals surface area (Å²) in [6.45, 7) is 4.94. The molecule has 0 bridgehead atoms. The number of carbonyl (C=O) groups is 3. The average Bonchev–Trinajstić information content (AvgIpc) is 2.64. The van der Waals surface area contributed by atoms with Crippen molar-refractivity contribution >= 4 is 23.5 Å². The smallest absolute Gasteiger partial charge is 0.342 e. The molecule has 7 nitrogen and oxygen atoms in total. The van der Waals surface area contributed by atoms with Crippen molar-refractivity contribution in [1.29, 1.82) is 0 Å². The number of ether oxygens (including phenoxy) is 1. The average molecular weight is 384 g/mol. The zero-order chi connectivity index (χ0) is 20.8. The van der Waals surface area contributed by atoms with Crippen molar-refractivity contribution in [2.24, 2.45) is 0 Å². The van der Waals surface area contributed by atoms with Crippen LogP contribution in [0, 0.1) is 13.8 Å². The summed E-state index contributed by atoms with van der Waals surface area (Å²) in [7, 11) is 1.45. The molecular weight excluding hydrogens is 360 g/mol. The fourth-order valence-electron chi connectivity index (χ4n) is 2.53. The molecule has 2 aromatic carbocycles. The second-order valence-corrected chi connectivity index (χ2v) is 6.68. The maximum Gasteiger partial charge on any atom is 0.342 e. The van der Waals surface area contributed by atoms with Crippen molar-refractivity contribution in [3.05, 3.63) is 59.2 Å². The summed E-state index contributed by atoms with van der Waals surface area (Å²) in [4.78, 5) is 37.9. The highest BCUT2D eigenvalue weighted by molar-refractivity contribution is 5.97. The van der Waals surface area contributed by atoms with E-state index in [1.165, 1.54) is 31.0 Å². The topological polar surface area (TPSA) is 95.9 Å². The van der Waals surface area contributed by atoms with Crippen molar-refractivity contribution in [3.8, 4) is 5.75 Å². The molecule has 28 heavy (non-hydrogen) atoms. The number of phenolic OH excluding ortho intramolecular Hbond substituents is 1. The third kappa shape index (κ3) is 5.57. The molecule has 2 N–H and O–H groups in total. The van der Waals surface area contributed by atoms with Gasteiger partial charge in [0.1, 0.15) is 11.3 Å². The third-order valence-corrected chi connectivity index (χ3v) is 4.10. The second kappa shape index (κ2) is 9.03. The molecule has 0 aromatic heterocycles. The Balaban J connectivity index is 1.92. The summed E-state index contributed by atoms with van der Waals surface area (Å²) in [5.41, 5.74) is 2.46. The Morgan fingerprint density at radius 1 is 1.07 bits per heavy atom. The number of amides is 2. The Kier molecular flexibility index (Phi) is 6.76. The minimum atomic E-state index is -1.11. The van der Waals surface area contributed by atoms with Crippen LogP contribution in [0.25, 0.3) is 0 Å². The number of likely N-dealkylation sites (N-methyl/N-ethyl adjacent to an activating group) is 1. The van der Waals surface area contributed by atoms with Crippen molar-refractivity contribution < 1.29 is 24.2 Å². The Hall–Kier alpha value is -3.35. The zero-order valence-corrected chi connectivity index (χ0v) is 16.4. The molecule has 0 radical (unpaired) electrons. The van der Waals surface area contributed by atoms with E-state index < -0.39 is 18.0 Å². The van der Waals surface area contributed by atoms with Gasteiger partial charge in [0.05, 0.1) is 6.54 Å². The van der Waals surface area contributed by atoms with E-state index >= 15 is 0 Å². The summed E-state index contributed by atoms with van der Waals surface area (Å²) in [5, 5.41) is 12.5.